The first kappa shape index (κ1) is 20.7. The maximum absolute atomic E-state index is 13.1. The van der Waals surface area contributed by atoms with Crippen molar-refractivity contribution in [1.29, 1.82) is 0 Å². The lowest BCUT2D eigenvalue weighted by molar-refractivity contribution is 0.0558. The lowest BCUT2D eigenvalue weighted by Crippen LogP contribution is -2.49. The van der Waals surface area contributed by atoms with E-state index in [1.165, 1.54) is 0 Å². The molecule has 1 amide bonds. The maximum Gasteiger partial charge on any atom is 0.272 e. The Labute approximate surface area is 189 Å². The number of methoxy groups -OCH3 is 2. The molecule has 5 rings (SSSR count). The molecule has 0 bridgehead atoms. The molecule has 4 aromatic rings. The Morgan fingerprint density at radius 2 is 1.94 bits per heavy atom. The van der Waals surface area contributed by atoms with Gasteiger partial charge in [0.1, 0.15) is 22.9 Å². The first-order valence-electron chi connectivity index (χ1n) is 10.4. The van der Waals surface area contributed by atoms with Gasteiger partial charge in [-0.15, -0.1) is 0 Å². The highest BCUT2D eigenvalue weighted by molar-refractivity contribution is 5.94. The molecular weight excluding hydrogens is 424 g/mol. The number of carbonyl (C=O) groups excluding carboxylic acids is 1. The van der Waals surface area contributed by atoms with Gasteiger partial charge in [0.05, 0.1) is 25.8 Å². The van der Waals surface area contributed by atoms with Crippen molar-refractivity contribution < 1.29 is 18.8 Å². The quantitative estimate of drug-likeness (QED) is 0.445. The van der Waals surface area contributed by atoms with Crippen LogP contribution < -0.4 is 9.47 Å². The molecule has 1 fully saturated rings. The zero-order valence-electron chi connectivity index (χ0n) is 18.4. The number of likely N-dealkylation sites (tertiary alicyclic amines) is 1. The molecule has 1 saturated heterocycles. The minimum atomic E-state index is -0.112. The van der Waals surface area contributed by atoms with Gasteiger partial charge in [-0.1, -0.05) is 11.2 Å². The highest BCUT2D eigenvalue weighted by Crippen LogP contribution is 2.34. The third-order valence-corrected chi connectivity index (χ3v) is 5.64. The molecule has 168 valence electrons. The van der Waals surface area contributed by atoms with Gasteiger partial charge in [-0.3, -0.25) is 14.5 Å². The zero-order valence-corrected chi connectivity index (χ0v) is 18.4. The summed E-state index contributed by atoms with van der Waals surface area (Å²) >= 11 is 0. The molecular formula is C23H22N6O4. The number of hydrogen-bond donors (Lipinski definition) is 0. The van der Waals surface area contributed by atoms with Gasteiger partial charge >= 0.3 is 0 Å². The van der Waals surface area contributed by atoms with Crippen LogP contribution in [0, 0.1) is 0 Å². The van der Waals surface area contributed by atoms with E-state index >= 15 is 0 Å². The Bertz CT molecular complexity index is 1290. The maximum atomic E-state index is 13.1. The molecule has 0 unspecified atom stereocenters. The van der Waals surface area contributed by atoms with E-state index in [2.05, 4.69) is 20.2 Å². The minimum absolute atomic E-state index is 0.00918. The van der Waals surface area contributed by atoms with Gasteiger partial charge in [-0.25, -0.2) is 0 Å². The molecule has 1 aliphatic heterocycles. The standard InChI is InChI=1S/C23H22N6O4/c1-28-19(11-18(26-28)16-10-15(31-2)7-8-20(16)32-3)23(30)29-12-14(13-29)22-25-21(27-33-22)17-6-4-5-9-24-17/h4-11,14H,12-13H2,1-3H3. The number of aryl methyl sites for hydroxylation is 1. The lowest BCUT2D eigenvalue weighted by atomic mass is 9.99. The number of hydrogen-bond acceptors (Lipinski definition) is 8. The molecule has 10 heteroatoms. The van der Waals surface area contributed by atoms with Gasteiger partial charge in [0, 0.05) is 31.9 Å². The second-order valence-electron chi connectivity index (χ2n) is 7.68. The van der Waals surface area contributed by atoms with Crippen LogP contribution in [0.15, 0.2) is 53.2 Å². The van der Waals surface area contributed by atoms with Crippen molar-refractivity contribution in [1.82, 2.24) is 29.8 Å². The van der Waals surface area contributed by atoms with E-state index < -0.39 is 0 Å². The first-order chi connectivity index (χ1) is 16.1. The normalized spacial score (nSPS) is 13.6. The van der Waals surface area contributed by atoms with Crippen LogP contribution in [0.2, 0.25) is 0 Å². The predicted octanol–water partition coefficient (Wildman–Crippen LogP) is 2.79. The van der Waals surface area contributed by atoms with E-state index in [0.717, 1.165) is 5.56 Å². The van der Waals surface area contributed by atoms with E-state index in [4.69, 9.17) is 14.0 Å². The SMILES string of the molecule is COc1ccc(OC)c(-c2cc(C(=O)N3CC(c4nc(-c5ccccn5)no4)C3)n(C)n2)c1. The molecule has 0 atom stereocenters. The smallest absolute Gasteiger partial charge is 0.272 e. The number of carbonyl (C=O) groups is 1. The molecule has 0 radical (unpaired) electrons. The highest BCUT2D eigenvalue weighted by Gasteiger charge is 2.37. The summed E-state index contributed by atoms with van der Waals surface area (Å²) in [6, 6.07) is 12.7. The Morgan fingerprint density at radius 1 is 1.09 bits per heavy atom. The molecule has 10 nitrogen and oxygen atoms in total. The molecule has 33 heavy (non-hydrogen) atoms. The summed E-state index contributed by atoms with van der Waals surface area (Å²) in [7, 11) is 4.94. The molecule has 1 aromatic carbocycles. The number of pyridine rings is 1. The van der Waals surface area contributed by atoms with Crippen LogP contribution in [0.25, 0.3) is 22.8 Å². The van der Waals surface area contributed by atoms with Crippen LogP contribution >= 0.6 is 0 Å². The largest absolute Gasteiger partial charge is 0.497 e. The van der Waals surface area contributed by atoms with Gasteiger partial charge < -0.3 is 18.9 Å². The molecule has 0 aliphatic carbocycles. The molecule has 4 heterocycles. The van der Waals surface area contributed by atoms with Gasteiger partial charge in [0.15, 0.2) is 0 Å². The Morgan fingerprint density at radius 3 is 2.67 bits per heavy atom. The summed E-state index contributed by atoms with van der Waals surface area (Å²) < 4.78 is 17.8. The lowest BCUT2D eigenvalue weighted by Gasteiger charge is -2.36. The second-order valence-corrected chi connectivity index (χ2v) is 7.68. The van der Waals surface area contributed by atoms with Gasteiger partial charge in [-0.2, -0.15) is 10.1 Å². The first-order valence-corrected chi connectivity index (χ1v) is 10.4. The van der Waals surface area contributed by atoms with E-state index in [1.54, 1.807) is 43.1 Å². The summed E-state index contributed by atoms with van der Waals surface area (Å²) in [6.07, 6.45) is 1.68. The molecule has 0 N–H and O–H groups in total. The molecule has 1 aliphatic rings. The van der Waals surface area contributed by atoms with E-state index in [1.807, 2.05) is 36.4 Å². The number of amides is 1. The molecule has 3 aromatic heterocycles. The number of ether oxygens (including phenoxy) is 2. The zero-order chi connectivity index (χ0) is 22.9. The van der Waals surface area contributed by atoms with Crippen molar-refractivity contribution in [3.8, 4) is 34.3 Å². The molecule has 0 saturated carbocycles. The summed E-state index contributed by atoms with van der Waals surface area (Å²) in [5.41, 5.74) is 2.51. The second kappa shape index (κ2) is 8.38. The van der Waals surface area contributed by atoms with Gasteiger partial charge in [0.2, 0.25) is 11.7 Å². The van der Waals surface area contributed by atoms with E-state index in [-0.39, 0.29) is 11.8 Å². The van der Waals surface area contributed by atoms with Crippen molar-refractivity contribution in [2.75, 3.05) is 27.3 Å². The van der Waals surface area contributed by atoms with E-state index in [0.29, 0.717) is 53.4 Å². The third kappa shape index (κ3) is 3.79. The highest BCUT2D eigenvalue weighted by atomic mass is 16.5. The average molecular weight is 446 g/mol. The van der Waals surface area contributed by atoms with Gasteiger partial charge in [-0.05, 0) is 36.4 Å². The van der Waals surface area contributed by atoms with Crippen LogP contribution in [-0.2, 0) is 7.05 Å². The monoisotopic (exact) mass is 446 g/mol. The van der Waals surface area contributed by atoms with Crippen molar-refractivity contribution >= 4 is 5.91 Å². The summed E-state index contributed by atoms with van der Waals surface area (Å²) in [5, 5.41) is 8.54. The van der Waals surface area contributed by atoms with Crippen LogP contribution in [-0.4, -0.2) is 63.0 Å². The number of nitrogens with zero attached hydrogens (tertiary/aromatic N) is 6. The van der Waals surface area contributed by atoms with Crippen molar-refractivity contribution in [3.05, 3.63) is 60.2 Å². The van der Waals surface area contributed by atoms with Crippen LogP contribution in [0.4, 0.5) is 0 Å². The van der Waals surface area contributed by atoms with Crippen LogP contribution in [0.1, 0.15) is 22.3 Å². The fourth-order valence-electron chi connectivity index (χ4n) is 3.78. The fraction of sp³-hybridized carbons (Fsp3) is 0.261. The van der Waals surface area contributed by atoms with Crippen molar-refractivity contribution in [3.63, 3.8) is 0 Å². The Hall–Kier alpha value is -4.21. The van der Waals surface area contributed by atoms with Crippen molar-refractivity contribution in [2.24, 2.45) is 7.05 Å². The summed E-state index contributed by atoms with van der Waals surface area (Å²) in [4.78, 5) is 23.5. The average Bonchev–Trinajstić information content (AvgIpc) is 3.45. The number of benzene rings is 1. The number of rotatable bonds is 6. The minimum Gasteiger partial charge on any atom is -0.497 e. The summed E-state index contributed by atoms with van der Waals surface area (Å²) in [5.74, 6) is 2.16. The van der Waals surface area contributed by atoms with Crippen LogP contribution in [0.3, 0.4) is 0 Å². The third-order valence-electron chi connectivity index (χ3n) is 5.64. The van der Waals surface area contributed by atoms with Crippen molar-refractivity contribution in [2.45, 2.75) is 5.92 Å². The fourth-order valence-corrected chi connectivity index (χ4v) is 3.78. The topological polar surface area (TPSA) is 108 Å². The Kier molecular flexibility index (Phi) is 5.25. The summed E-state index contributed by atoms with van der Waals surface area (Å²) in [6.45, 7) is 0.983. The predicted molar refractivity (Wildman–Crippen MR) is 118 cm³/mol. The number of aromatic nitrogens is 5. The Balaban J connectivity index is 1.30. The van der Waals surface area contributed by atoms with Crippen LogP contribution in [0.5, 0.6) is 11.5 Å². The molecule has 0 spiro atoms. The van der Waals surface area contributed by atoms with Gasteiger partial charge in [0.25, 0.3) is 5.91 Å². The van der Waals surface area contributed by atoms with E-state index in [9.17, 15) is 4.79 Å².